The van der Waals surface area contributed by atoms with Gasteiger partial charge in [-0.25, -0.2) is 4.68 Å². The lowest BCUT2D eigenvalue weighted by atomic mass is 10.1. The number of rotatable bonds is 5. The second-order valence-electron chi connectivity index (χ2n) is 5.37. The van der Waals surface area contributed by atoms with Gasteiger partial charge in [-0.05, 0) is 25.0 Å². The number of benzene rings is 1. The third-order valence-corrected chi connectivity index (χ3v) is 3.11. The van der Waals surface area contributed by atoms with Gasteiger partial charge in [-0.3, -0.25) is 0 Å². The van der Waals surface area contributed by atoms with Crippen LogP contribution in [-0.4, -0.2) is 21.0 Å². The summed E-state index contributed by atoms with van der Waals surface area (Å²) in [7, 11) is 0. The van der Waals surface area contributed by atoms with E-state index in [0.29, 0.717) is 6.04 Å². The Morgan fingerprint density at radius 2 is 2.05 bits per heavy atom. The zero-order valence-electron chi connectivity index (χ0n) is 12.1. The van der Waals surface area contributed by atoms with Gasteiger partial charge in [0, 0.05) is 12.6 Å². The maximum Gasteiger partial charge on any atom is 0.0965 e. The van der Waals surface area contributed by atoms with E-state index in [1.165, 1.54) is 16.7 Å². The minimum absolute atomic E-state index is 0.462. The van der Waals surface area contributed by atoms with Crippen molar-refractivity contribution in [3.63, 3.8) is 0 Å². The van der Waals surface area contributed by atoms with E-state index in [1.807, 2.05) is 10.9 Å². The van der Waals surface area contributed by atoms with Crippen molar-refractivity contribution in [2.75, 3.05) is 0 Å². The summed E-state index contributed by atoms with van der Waals surface area (Å²) in [5.74, 6) is 0. The first-order valence-corrected chi connectivity index (χ1v) is 6.73. The monoisotopic (exact) mass is 258 g/mol. The van der Waals surface area contributed by atoms with Crippen molar-refractivity contribution < 1.29 is 0 Å². The van der Waals surface area contributed by atoms with Gasteiger partial charge >= 0.3 is 0 Å². The lowest BCUT2D eigenvalue weighted by Gasteiger charge is -2.06. The van der Waals surface area contributed by atoms with Crippen LogP contribution in [0.5, 0.6) is 0 Å². The highest BCUT2D eigenvalue weighted by Gasteiger charge is 2.04. The molecule has 4 heteroatoms. The molecule has 0 aliphatic carbocycles. The quantitative estimate of drug-likeness (QED) is 0.895. The molecule has 0 bridgehead atoms. The fourth-order valence-corrected chi connectivity index (χ4v) is 1.95. The third kappa shape index (κ3) is 3.89. The highest BCUT2D eigenvalue weighted by Crippen LogP contribution is 2.12. The predicted octanol–water partition coefficient (Wildman–Crippen LogP) is 2.44. The molecule has 0 spiro atoms. The molecule has 19 heavy (non-hydrogen) atoms. The fourth-order valence-electron chi connectivity index (χ4n) is 1.95. The van der Waals surface area contributed by atoms with E-state index in [1.54, 1.807) is 0 Å². The number of nitrogens with zero attached hydrogens (tertiary/aromatic N) is 3. The maximum absolute atomic E-state index is 4.19. The SMILES string of the molecule is Cc1ccc(C)c(Cn2cc(CNC(C)C)nn2)c1. The number of nitrogens with one attached hydrogen (secondary N) is 1. The molecule has 4 nitrogen and oxygen atoms in total. The van der Waals surface area contributed by atoms with Crippen LogP contribution in [0.4, 0.5) is 0 Å². The van der Waals surface area contributed by atoms with E-state index < -0.39 is 0 Å². The first-order valence-electron chi connectivity index (χ1n) is 6.73. The van der Waals surface area contributed by atoms with Crippen molar-refractivity contribution >= 4 is 0 Å². The summed E-state index contributed by atoms with van der Waals surface area (Å²) in [4.78, 5) is 0. The molecule has 0 saturated heterocycles. The van der Waals surface area contributed by atoms with Gasteiger partial charge in [0.05, 0.1) is 18.4 Å². The molecule has 1 N–H and O–H groups in total. The van der Waals surface area contributed by atoms with Crippen molar-refractivity contribution in [3.05, 3.63) is 46.8 Å². The van der Waals surface area contributed by atoms with Crippen molar-refractivity contribution in [2.45, 2.75) is 46.8 Å². The van der Waals surface area contributed by atoms with E-state index >= 15 is 0 Å². The average molecular weight is 258 g/mol. The largest absolute Gasteiger partial charge is 0.309 e. The zero-order valence-corrected chi connectivity index (χ0v) is 12.1. The average Bonchev–Trinajstić information content (AvgIpc) is 2.79. The highest BCUT2D eigenvalue weighted by atomic mass is 15.4. The molecule has 0 fully saturated rings. The molecule has 2 aromatic rings. The van der Waals surface area contributed by atoms with Gasteiger partial charge in [0.1, 0.15) is 0 Å². The molecule has 0 aliphatic heterocycles. The van der Waals surface area contributed by atoms with E-state index in [4.69, 9.17) is 0 Å². The molecule has 102 valence electrons. The molecule has 0 atom stereocenters. The Morgan fingerprint density at radius 3 is 2.79 bits per heavy atom. The second-order valence-corrected chi connectivity index (χ2v) is 5.37. The molecule has 1 aromatic carbocycles. The summed E-state index contributed by atoms with van der Waals surface area (Å²) in [6, 6.07) is 6.97. The Hall–Kier alpha value is -1.68. The third-order valence-electron chi connectivity index (χ3n) is 3.11. The van der Waals surface area contributed by atoms with Crippen LogP contribution in [-0.2, 0) is 13.1 Å². The smallest absolute Gasteiger partial charge is 0.0965 e. The predicted molar refractivity (Wildman–Crippen MR) is 77.0 cm³/mol. The molecule has 0 radical (unpaired) electrons. The number of hydrogen-bond acceptors (Lipinski definition) is 3. The maximum atomic E-state index is 4.19. The lowest BCUT2D eigenvalue weighted by molar-refractivity contribution is 0.580. The van der Waals surface area contributed by atoms with Crippen LogP contribution in [0.1, 0.15) is 36.2 Å². The Balaban J connectivity index is 2.05. The molecule has 0 unspecified atom stereocenters. The van der Waals surface area contributed by atoms with Crippen molar-refractivity contribution in [3.8, 4) is 0 Å². The van der Waals surface area contributed by atoms with Gasteiger partial charge in [0.25, 0.3) is 0 Å². The number of aromatic nitrogens is 3. The molecular formula is C15H22N4. The standard InChI is InChI=1S/C15H22N4/c1-11(2)16-8-15-10-19(18-17-15)9-14-7-12(3)5-6-13(14)4/h5-7,10-11,16H,8-9H2,1-4H3. The minimum Gasteiger partial charge on any atom is -0.309 e. The van der Waals surface area contributed by atoms with Crippen LogP contribution in [0, 0.1) is 13.8 Å². The van der Waals surface area contributed by atoms with E-state index in [2.05, 4.69) is 61.5 Å². The van der Waals surface area contributed by atoms with E-state index in [9.17, 15) is 0 Å². The van der Waals surface area contributed by atoms with Crippen LogP contribution >= 0.6 is 0 Å². The van der Waals surface area contributed by atoms with Crippen molar-refractivity contribution in [1.29, 1.82) is 0 Å². The second kappa shape index (κ2) is 5.97. The summed E-state index contributed by atoms with van der Waals surface area (Å²) in [6.07, 6.45) is 2.01. The summed E-state index contributed by atoms with van der Waals surface area (Å²) in [5, 5.41) is 11.7. The van der Waals surface area contributed by atoms with Gasteiger partial charge in [0.15, 0.2) is 0 Å². The molecule has 0 saturated carbocycles. The molecule has 1 heterocycles. The number of hydrogen-bond donors (Lipinski definition) is 1. The Morgan fingerprint density at radius 1 is 1.26 bits per heavy atom. The molecule has 2 rings (SSSR count). The van der Waals surface area contributed by atoms with Crippen LogP contribution in [0.25, 0.3) is 0 Å². The Labute approximate surface area is 114 Å². The van der Waals surface area contributed by atoms with Crippen LogP contribution in [0.3, 0.4) is 0 Å². The van der Waals surface area contributed by atoms with Gasteiger partial charge in [-0.2, -0.15) is 0 Å². The Kier molecular flexibility index (Phi) is 4.32. The zero-order chi connectivity index (χ0) is 13.8. The lowest BCUT2D eigenvalue weighted by Crippen LogP contribution is -2.21. The van der Waals surface area contributed by atoms with Crippen LogP contribution in [0.2, 0.25) is 0 Å². The molecule has 0 amide bonds. The van der Waals surface area contributed by atoms with Gasteiger partial charge in [0.2, 0.25) is 0 Å². The molecule has 0 aliphatic rings. The van der Waals surface area contributed by atoms with Crippen LogP contribution in [0.15, 0.2) is 24.4 Å². The number of aryl methyl sites for hydroxylation is 2. The van der Waals surface area contributed by atoms with Crippen LogP contribution < -0.4 is 5.32 Å². The fraction of sp³-hybridized carbons (Fsp3) is 0.467. The minimum atomic E-state index is 0.462. The Bertz CT molecular complexity index is 543. The van der Waals surface area contributed by atoms with Gasteiger partial charge in [-0.15, -0.1) is 5.10 Å². The summed E-state index contributed by atoms with van der Waals surface area (Å²) in [5.41, 5.74) is 4.86. The van der Waals surface area contributed by atoms with Crippen molar-refractivity contribution in [2.24, 2.45) is 0 Å². The summed E-state index contributed by atoms with van der Waals surface area (Å²) < 4.78 is 1.90. The topological polar surface area (TPSA) is 42.7 Å². The summed E-state index contributed by atoms with van der Waals surface area (Å²) in [6.45, 7) is 10.0. The van der Waals surface area contributed by atoms with Gasteiger partial charge < -0.3 is 5.32 Å². The summed E-state index contributed by atoms with van der Waals surface area (Å²) >= 11 is 0. The normalized spacial score (nSPS) is 11.2. The molecular weight excluding hydrogens is 236 g/mol. The van der Waals surface area contributed by atoms with E-state index in [0.717, 1.165) is 18.8 Å². The molecule has 1 aromatic heterocycles. The first kappa shape index (κ1) is 13.7. The van der Waals surface area contributed by atoms with Crippen molar-refractivity contribution in [1.82, 2.24) is 20.3 Å². The van der Waals surface area contributed by atoms with E-state index in [-0.39, 0.29) is 0 Å². The van der Waals surface area contributed by atoms with Gasteiger partial charge in [-0.1, -0.05) is 42.8 Å². The first-order chi connectivity index (χ1) is 9.04. The highest BCUT2D eigenvalue weighted by molar-refractivity contribution is 5.30.